The number of hydrogen-bond acceptors (Lipinski definition) is 5. The van der Waals surface area contributed by atoms with Gasteiger partial charge in [-0.2, -0.15) is 0 Å². The summed E-state index contributed by atoms with van der Waals surface area (Å²) in [6.07, 6.45) is -0.536. The van der Waals surface area contributed by atoms with Crippen LogP contribution in [0, 0.1) is 0 Å². The standard InChI is InChI=1S/C16H21NO4/c1-16(2)20-14-10-17(8-12-6-4-3-5-7-12)9-13(19-11-18)15(14)21-16/h3-7,11,13-15H,8-10H2,1-2H3/t13-,14+,15-/m1/s1. The Morgan fingerprint density at radius 1 is 1.29 bits per heavy atom. The average Bonchev–Trinajstić information content (AvgIpc) is 2.75. The largest absolute Gasteiger partial charge is 0.460 e. The van der Waals surface area contributed by atoms with Crippen LogP contribution in [0.1, 0.15) is 19.4 Å². The van der Waals surface area contributed by atoms with E-state index in [4.69, 9.17) is 14.2 Å². The van der Waals surface area contributed by atoms with Crippen molar-refractivity contribution in [2.75, 3.05) is 13.1 Å². The Hall–Kier alpha value is -1.43. The van der Waals surface area contributed by atoms with Gasteiger partial charge in [0.15, 0.2) is 5.79 Å². The van der Waals surface area contributed by atoms with Crippen LogP contribution in [0.25, 0.3) is 0 Å². The van der Waals surface area contributed by atoms with E-state index in [9.17, 15) is 4.79 Å². The number of carbonyl (C=O) groups is 1. The van der Waals surface area contributed by atoms with Crippen molar-refractivity contribution >= 4 is 6.47 Å². The van der Waals surface area contributed by atoms with Gasteiger partial charge in [0, 0.05) is 19.6 Å². The third-order valence-corrected chi connectivity index (χ3v) is 3.94. The number of benzene rings is 1. The summed E-state index contributed by atoms with van der Waals surface area (Å²) in [5.74, 6) is -0.622. The van der Waals surface area contributed by atoms with Crippen LogP contribution in [0.15, 0.2) is 30.3 Å². The summed E-state index contributed by atoms with van der Waals surface area (Å²) in [5.41, 5.74) is 1.24. The zero-order valence-electron chi connectivity index (χ0n) is 12.4. The molecule has 3 rings (SSSR count). The lowest BCUT2D eigenvalue weighted by atomic mass is 10.0. The van der Waals surface area contributed by atoms with E-state index < -0.39 is 5.79 Å². The monoisotopic (exact) mass is 291 g/mol. The first-order chi connectivity index (χ1) is 10.1. The molecule has 5 nitrogen and oxygen atoms in total. The molecule has 0 saturated carbocycles. The Morgan fingerprint density at radius 2 is 2.05 bits per heavy atom. The van der Waals surface area contributed by atoms with Crippen molar-refractivity contribution in [2.45, 2.75) is 44.5 Å². The lowest BCUT2D eigenvalue weighted by Gasteiger charge is -2.37. The SMILES string of the molecule is CC1(C)O[C@H]2[C@H](CN(Cc3ccccc3)C[C@H]2OC=O)O1. The Bertz CT molecular complexity index is 490. The fourth-order valence-electron chi connectivity index (χ4n) is 3.17. The predicted molar refractivity (Wildman–Crippen MR) is 76.5 cm³/mol. The fraction of sp³-hybridized carbons (Fsp3) is 0.562. The number of nitrogens with zero attached hydrogens (tertiary/aromatic N) is 1. The van der Waals surface area contributed by atoms with E-state index in [1.165, 1.54) is 5.56 Å². The first kappa shape index (κ1) is 14.5. The minimum Gasteiger partial charge on any atom is -0.460 e. The van der Waals surface area contributed by atoms with E-state index in [-0.39, 0.29) is 18.3 Å². The van der Waals surface area contributed by atoms with Gasteiger partial charge < -0.3 is 14.2 Å². The highest BCUT2D eigenvalue weighted by Crippen LogP contribution is 2.34. The molecule has 0 unspecified atom stereocenters. The molecule has 2 saturated heterocycles. The third-order valence-electron chi connectivity index (χ3n) is 3.94. The molecule has 2 fully saturated rings. The Balaban J connectivity index is 1.72. The smallest absolute Gasteiger partial charge is 0.293 e. The normalized spacial score (nSPS) is 31.6. The first-order valence-corrected chi connectivity index (χ1v) is 7.28. The molecule has 0 N–H and O–H groups in total. The highest BCUT2D eigenvalue weighted by Gasteiger charge is 2.49. The second kappa shape index (κ2) is 5.75. The van der Waals surface area contributed by atoms with Crippen LogP contribution in [-0.2, 0) is 25.5 Å². The van der Waals surface area contributed by atoms with E-state index in [1.54, 1.807) is 0 Å². The summed E-state index contributed by atoms with van der Waals surface area (Å²) in [7, 11) is 0. The second-order valence-electron chi connectivity index (χ2n) is 6.09. The van der Waals surface area contributed by atoms with Crippen LogP contribution >= 0.6 is 0 Å². The third kappa shape index (κ3) is 3.26. The molecule has 2 aliphatic heterocycles. The Kier molecular flexibility index (Phi) is 3.97. The maximum atomic E-state index is 10.8. The van der Waals surface area contributed by atoms with E-state index >= 15 is 0 Å². The van der Waals surface area contributed by atoms with Crippen LogP contribution in [0.3, 0.4) is 0 Å². The number of hydrogen-bond donors (Lipinski definition) is 0. The number of ether oxygens (including phenoxy) is 3. The number of fused-ring (bicyclic) bond motifs is 1. The summed E-state index contributed by atoms with van der Waals surface area (Å²) in [5, 5.41) is 0. The number of piperidine rings is 1. The molecule has 2 heterocycles. The van der Waals surface area contributed by atoms with Crippen molar-refractivity contribution in [1.82, 2.24) is 4.90 Å². The summed E-state index contributed by atoms with van der Waals surface area (Å²) in [6.45, 7) is 6.54. The van der Waals surface area contributed by atoms with Crippen molar-refractivity contribution in [3.8, 4) is 0 Å². The zero-order chi connectivity index (χ0) is 14.9. The van der Waals surface area contributed by atoms with Crippen molar-refractivity contribution in [1.29, 1.82) is 0 Å². The molecule has 114 valence electrons. The minimum atomic E-state index is -0.622. The van der Waals surface area contributed by atoms with Crippen molar-refractivity contribution in [3.63, 3.8) is 0 Å². The Morgan fingerprint density at radius 3 is 2.76 bits per heavy atom. The number of likely N-dealkylation sites (tertiary alicyclic amines) is 1. The van der Waals surface area contributed by atoms with Gasteiger partial charge in [-0.05, 0) is 19.4 Å². The van der Waals surface area contributed by atoms with Gasteiger partial charge in [-0.1, -0.05) is 30.3 Å². The van der Waals surface area contributed by atoms with Crippen molar-refractivity contribution in [3.05, 3.63) is 35.9 Å². The van der Waals surface area contributed by atoms with E-state index in [2.05, 4.69) is 17.0 Å². The first-order valence-electron chi connectivity index (χ1n) is 7.28. The van der Waals surface area contributed by atoms with Crippen LogP contribution in [-0.4, -0.2) is 48.6 Å². The van der Waals surface area contributed by atoms with Gasteiger partial charge in [-0.3, -0.25) is 9.69 Å². The molecule has 0 spiro atoms. The summed E-state index contributed by atoms with van der Waals surface area (Å²) in [4.78, 5) is 13.0. The summed E-state index contributed by atoms with van der Waals surface area (Å²) >= 11 is 0. The molecule has 5 heteroatoms. The quantitative estimate of drug-likeness (QED) is 0.788. The second-order valence-corrected chi connectivity index (χ2v) is 6.09. The zero-order valence-corrected chi connectivity index (χ0v) is 12.4. The van der Waals surface area contributed by atoms with Crippen LogP contribution < -0.4 is 0 Å². The number of rotatable bonds is 4. The molecule has 0 bridgehead atoms. The van der Waals surface area contributed by atoms with Gasteiger partial charge in [0.1, 0.15) is 18.3 Å². The van der Waals surface area contributed by atoms with E-state index in [0.29, 0.717) is 13.0 Å². The van der Waals surface area contributed by atoms with Gasteiger partial charge in [-0.25, -0.2) is 0 Å². The van der Waals surface area contributed by atoms with E-state index in [0.717, 1.165) is 13.1 Å². The summed E-state index contributed by atoms with van der Waals surface area (Å²) < 4.78 is 17.1. The van der Waals surface area contributed by atoms with Crippen LogP contribution in [0.5, 0.6) is 0 Å². The average molecular weight is 291 g/mol. The lowest BCUT2D eigenvalue weighted by molar-refractivity contribution is -0.162. The molecule has 0 aromatic heterocycles. The molecule has 1 aromatic rings. The molecule has 21 heavy (non-hydrogen) atoms. The molecule has 0 aliphatic carbocycles. The highest BCUT2D eigenvalue weighted by molar-refractivity contribution is 5.37. The summed E-state index contributed by atoms with van der Waals surface area (Å²) in [6, 6.07) is 10.2. The molecular weight excluding hydrogens is 270 g/mol. The fourth-order valence-corrected chi connectivity index (χ4v) is 3.17. The van der Waals surface area contributed by atoms with Gasteiger partial charge in [0.05, 0.1) is 0 Å². The topological polar surface area (TPSA) is 48.0 Å². The molecular formula is C16H21NO4. The maximum absolute atomic E-state index is 10.8. The van der Waals surface area contributed by atoms with Gasteiger partial charge in [-0.15, -0.1) is 0 Å². The molecule has 1 aromatic carbocycles. The van der Waals surface area contributed by atoms with Gasteiger partial charge in [0.2, 0.25) is 0 Å². The molecule has 3 atom stereocenters. The van der Waals surface area contributed by atoms with Crippen molar-refractivity contribution in [2.24, 2.45) is 0 Å². The van der Waals surface area contributed by atoms with Gasteiger partial charge in [0.25, 0.3) is 6.47 Å². The predicted octanol–water partition coefficient (Wildman–Crippen LogP) is 1.56. The molecule has 0 amide bonds. The maximum Gasteiger partial charge on any atom is 0.293 e. The van der Waals surface area contributed by atoms with Crippen LogP contribution in [0.4, 0.5) is 0 Å². The molecule has 2 aliphatic rings. The van der Waals surface area contributed by atoms with Gasteiger partial charge >= 0.3 is 0 Å². The highest BCUT2D eigenvalue weighted by atomic mass is 16.8. The Labute approximate surface area is 124 Å². The van der Waals surface area contributed by atoms with E-state index in [1.807, 2.05) is 32.0 Å². The lowest BCUT2D eigenvalue weighted by Crippen LogP contribution is -2.54. The number of carbonyl (C=O) groups excluding carboxylic acids is 1. The minimum absolute atomic E-state index is 0.0672. The van der Waals surface area contributed by atoms with Crippen molar-refractivity contribution < 1.29 is 19.0 Å². The molecule has 0 radical (unpaired) electrons. The van der Waals surface area contributed by atoms with Crippen LogP contribution in [0.2, 0.25) is 0 Å².